The van der Waals surface area contributed by atoms with Crippen molar-refractivity contribution in [2.45, 2.75) is 30.8 Å². The second-order valence-corrected chi connectivity index (χ2v) is 5.53. The first kappa shape index (κ1) is 6.81. The van der Waals surface area contributed by atoms with Crippen LogP contribution in [0.3, 0.4) is 0 Å². The molecule has 0 saturated carbocycles. The Morgan fingerprint density at radius 3 is 1.88 bits per heavy atom. The van der Waals surface area contributed by atoms with Crippen molar-refractivity contribution in [1.82, 2.24) is 0 Å². The Bertz CT molecular complexity index is 64.9. The van der Waals surface area contributed by atoms with Gasteiger partial charge in [0.1, 0.15) is 0 Å². The summed E-state index contributed by atoms with van der Waals surface area (Å²) in [5.74, 6) is 0. The van der Waals surface area contributed by atoms with Gasteiger partial charge in [-0.25, -0.2) is 0 Å². The fourth-order valence-corrected chi connectivity index (χ4v) is 4.02. The number of rotatable bonds is 0. The molecule has 0 amide bonds. The van der Waals surface area contributed by atoms with Gasteiger partial charge in [-0.15, -0.1) is 23.5 Å². The van der Waals surface area contributed by atoms with E-state index in [-0.39, 0.29) is 0 Å². The molecule has 1 aliphatic rings. The zero-order valence-electron chi connectivity index (χ0n) is 5.39. The van der Waals surface area contributed by atoms with Crippen LogP contribution in [0.15, 0.2) is 0 Å². The maximum absolute atomic E-state index is 2.32. The van der Waals surface area contributed by atoms with E-state index in [1.807, 2.05) is 0 Å². The standard InChI is InChI=1S/C6H12S2/c1-5-3-6(2)8-4-7-5/h5-6H,3-4H2,1-2H3/t5-,6-/m0/s1. The van der Waals surface area contributed by atoms with Gasteiger partial charge in [-0.05, 0) is 6.42 Å². The van der Waals surface area contributed by atoms with Gasteiger partial charge in [0.25, 0.3) is 0 Å². The lowest BCUT2D eigenvalue weighted by Crippen LogP contribution is -2.11. The first-order valence-electron chi connectivity index (χ1n) is 3.02. The molecule has 0 bridgehead atoms. The van der Waals surface area contributed by atoms with Crippen LogP contribution in [0.25, 0.3) is 0 Å². The van der Waals surface area contributed by atoms with Crippen LogP contribution in [-0.2, 0) is 0 Å². The summed E-state index contributed by atoms with van der Waals surface area (Å²) in [5, 5.41) is 3.12. The Morgan fingerprint density at radius 1 is 1.12 bits per heavy atom. The van der Waals surface area contributed by atoms with Gasteiger partial charge in [-0.1, -0.05) is 13.8 Å². The van der Waals surface area contributed by atoms with Crippen LogP contribution >= 0.6 is 23.5 Å². The van der Waals surface area contributed by atoms with Crippen molar-refractivity contribution in [2.24, 2.45) is 0 Å². The first-order valence-corrected chi connectivity index (χ1v) is 5.12. The van der Waals surface area contributed by atoms with Gasteiger partial charge >= 0.3 is 0 Å². The molecule has 1 heterocycles. The number of thioether (sulfide) groups is 2. The Morgan fingerprint density at radius 2 is 1.62 bits per heavy atom. The molecule has 0 spiro atoms. The number of hydrogen-bond acceptors (Lipinski definition) is 2. The highest BCUT2D eigenvalue weighted by molar-refractivity contribution is 8.17. The summed E-state index contributed by atoms with van der Waals surface area (Å²) in [6.07, 6.45) is 1.40. The molecular weight excluding hydrogens is 136 g/mol. The second kappa shape index (κ2) is 3.02. The Kier molecular flexibility index (Phi) is 2.57. The summed E-state index contributed by atoms with van der Waals surface area (Å²) in [4.78, 5) is 0. The monoisotopic (exact) mass is 148 g/mol. The molecule has 0 radical (unpaired) electrons. The van der Waals surface area contributed by atoms with E-state index in [9.17, 15) is 0 Å². The summed E-state index contributed by atoms with van der Waals surface area (Å²) < 4.78 is 0. The maximum atomic E-state index is 2.32. The van der Waals surface area contributed by atoms with E-state index in [1.54, 1.807) is 0 Å². The van der Waals surface area contributed by atoms with Crippen LogP contribution in [0.5, 0.6) is 0 Å². The zero-order valence-corrected chi connectivity index (χ0v) is 7.02. The normalized spacial score (nSPS) is 39.8. The molecule has 0 aromatic rings. The lowest BCUT2D eigenvalue weighted by atomic mass is 10.3. The summed E-state index contributed by atoms with van der Waals surface area (Å²) in [6.45, 7) is 4.64. The van der Waals surface area contributed by atoms with Gasteiger partial charge in [-0.3, -0.25) is 0 Å². The van der Waals surface area contributed by atoms with E-state index in [2.05, 4.69) is 37.4 Å². The van der Waals surface area contributed by atoms with Gasteiger partial charge in [-0.2, -0.15) is 0 Å². The zero-order chi connectivity index (χ0) is 5.98. The predicted molar refractivity (Wildman–Crippen MR) is 43.6 cm³/mol. The van der Waals surface area contributed by atoms with Crippen molar-refractivity contribution >= 4 is 23.5 Å². The van der Waals surface area contributed by atoms with Crippen molar-refractivity contribution in [3.63, 3.8) is 0 Å². The van der Waals surface area contributed by atoms with Crippen molar-refractivity contribution < 1.29 is 0 Å². The molecule has 0 nitrogen and oxygen atoms in total. The minimum Gasteiger partial charge on any atom is -0.148 e. The van der Waals surface area contributed by atoms with Crippen molar-refractivity contribution in [2.75, 3.05) is 5.08 Å². The van der Waals surface area contributed by atoms with E-state index in [1.165, 1.54) is 11.5 Å². The molecule has 1 aliphatic heterocycles. The Balaban J connectivity index is 2.23. The fraction of sp³-hybridized carbons (Fsp3) is 1.00. The largest absolute Gasteiger partial charge is 0.148 e. The van der Waals surface area contributed by atoms with E-state index >= 15 is 0 Å². The average molecular weight is 148 g/mol. The molecule has 0 aliphatic carbocycles. The third kappa shape index (κ3) is 1.90. The predicted octanol–water partition coefficient (Wildman–Crippen LogP) is 2.59. The molecule has 8 heavy (non-hydrogen) atoms. The van der Waals surface area contributed by atoms with E-state index in [4.69, 9.17) is 0 Å². The molecule has 0 aromatic heterocycles. The molecule has 1 saturated heterocycles. The van der Waals surface area contributed by atoms with Gasteiger partial charge in [0, 0.05) is 15.6 Å². The topological polar surface area (TPSA) is 0 Å². The average Bonchev–Trinajstić information content (AvgIpc) is 1.64. The van der Waals surface area contributed by atoms with Gasteiger partial charge < -0.3 is 0 Å². The highest BCUT2D eigenvalue weighted by atomic mass is 32.2. The van der Waals surface area contributed by atoms with E-state index < -0.39 is 0 Å². The molecule has 2 atom stereocenters. The smallest absolute Gasteiger partial charge is 0.0397 e. The lowest BCUT2D eigenvalue weighted by molar-refractivity contribution is 0.799. The van der Waals surface area contributed by atoms with E-state index in [0.29, 0.717) is 0 Å². The van der Waals surface area contributed by atoms with Crippen molar-refractivity contribution in [3.8, 4) is 0 Å². The summed E-state index contributed by atoms with van der Waals surface area (Å²) in [5.41, 5.74) is 0. The van der Waals surface area contributed by atoms with Crippen molar-refractivity contribution in [3.05, 3.63) is 0 Å². The number of hydrogen-bond donors (Lipinski definition) is 0. The first-order chi connectivity index (χ1) is 3.79. The lowest BCUT2D eigenvalue weighted by Gasteiger charge is -2.22. The molecule has 48 valence electrons. The van der Waals surface area contributed by atoms with Crippen LogP contribution in [0.2, 0.25) is 0 Å². The molecule has 2 heteroatoms. The van der Waals surface area contributed by atoms with Crippen LogP contribution in [0.1, 0.15) is 20.3 Å². The van der Waals surface area contributed by atoms with Crippen LogP contribution in [-0.4, -0.2) is 15.6 Å². The van der Waals surface area contributed by atoms with Gasteiger partial charge in [0.2, 0.25) is 0 Å². The quantitative estimate of drug-likeness (QED) is 0.518. The molecule has 1 fully saturated rings. The third-order valence-electron chi connectivity index (χ3n) is 1.37. The highest BCUT2D eigenvalue weighted by Gasteiger charge is 2.14. The Labute approximate surface area is 59.8 Å². The SMILES string of the molecule is C[C@H]1C[C@H](C)SCS1. The minimum atomic E-state index is 0.909. The molecule has 0 unspecified atom stereocenters. The van der Waals surface area contributed by atoms with Gasteiger partial charge in [0.15, 0.2) is 0 Å². The summed E-state index contributed by atoms with van der Waals surface area (Å²) >= 11 is 4.17. The van der Waals surface area contributed by atoms with E-state index in [0.717, 1.165) is 10.5 Å². The van der Waals surface area contributed by atoms with Crippen molar-refractivity contribution in [1.29, 1.82) is 0 Å². The molecular formula is C6H12S2. The molecule has 0 aromatic carbocycles. The molecule has 0 N–H and O–H groups in total. The summed E-state index contributed by atoms with van der Waals surface area (Å²) in [7, 11) is 0. The highest BCUT2D eigenvalue weighted by Crippen LogP contribution is 2.32. The van der Waals surface area contributed by atoms with Crippen LogP contribution in [0.4, 0.5) is 0 Å². The van der Waals surface area contributed by atoms with Gasteiger partial charge in [0.05, 0.1) is 0 Å². The van der Waals surface area contributed by atoms with Crippen LogP contribution < -0.4 is 0 Å². The third-order valence-corrected chi connectivity index (χ3v) is 3.98. The summed E-state index contributed by atoms with van der Waals surface area (Å²) in [6, 6.07) is 0. The maximum Gasteiger partial charge on any atom is 0.0397 e. The second-order valence-electron chi connectivity index (χ2n) is 2.31. The van der Waals surface area contributed by atoms with Crippen LogP contribution in [0, 0.1) is 0 Å². The fourth-order valence-electron chi connectivity index (χ4n) is 0.875. The Hall–Kier alpha value is 0.700. The minimum absolute atomic E-state index is 0.909. The molecule has 1 rings (SSSR count).